The number of nitro groups is 1. The van der Waals surface area contributed by atoms with Gasteiger partial charge in [-0.25, -0.2) is 0 Å². The number of hydrogen-bond acceptors (Lipinski definition) is 5. The SMILES string of the molecule is CSC(C)CNc1cc(OC(C)C)cc([N+](=O)[O-])c1. The molecule has 0 spiro atoms. The molecule has 5 nitrogen and oxygen atoms in total. The minimum absolute atomic E-state index is 0.0139. The third-order valence-corrected chi connectivity index (χ3v) is 3.44. The summed E-state index contributed by atoms with van der Waals surface area (Å²) >= 11 is 1.74. The molecule has 1 aromatic rings. The van der Waals surface area contributed by atoms with Crippen molar-refractivity contribution in [3.63, 3.8) is 0 Å². The Bertz CT molecular complexity index is 438. The molecule has 1 N–H and O–H groups in total. The van der Waals surface area contributed by atoms with Gasteiger partial charge in [0, 0.05) is 29.6 Å². The average molecular weight is 284 g/mol. The van der Waals surface area contributed by atoms with Gasteiger partial charge in [-0.05, 0) is 20.1 Å². The van der Waals surface area contributed by atoms with Gasteiger partial charge in [0.1, 0.15) is 5.75 Å². The number of rotatable bonds is 7. The summed E-state index contributed by atoms with van der Waals surface area (Å²) in [5.74, 6) is 0.517. The van der Waals surface area contributed by atoms with Crippen molar-refractivity contribution in [2.75, 3.05) is 18.1 Å². The summed E-state index contributed by atoms with van der Waals surface area (Å²) in [6, 6.07) is 4.77. The number of ether oxygens (including phenoxy) is 1. The number of non-ortho nitro benzene ring substituents is 1. The van der Waals surface area contributed by atoms with Crippen molar-refractivity contribution in [2.45, 2.75) is 32.1 Å². The van der Waals surface area contributed by atoms with E-state index in [0.717, 1.165) is 6.54 Å². The first-order chi connectivity index (χ1) is 8.92. The van der Waals surface area contributed by atoms with Gasteiger partial charge in [0.2, 0.25) is 0 Å². The van der Waals surface area contributed by atoms with Crippen LogP contribution in [-0.4, -0.2) is 29.1 Å². The van der Waals surface area contributed by atoms with Crippen molar-refractivity contribution in [3.8, 4) is 5.75 Å². The zero-order chi connectivity index (χ0) is 14.4. The second-order valence-electron chi connectivity index (χ2n) is 4.57. The van der Waals surface area contributed by atoms with Crippen LogP contribution in [-0.2, 0) is 0 Å². The van der Waals surface area contributed by atoms with E-state index in [-0.39, 0.29) is 11.8 Å². The van der Waals surface area contributed by atoms with Crippen molar-refractivity contribution in [2.24, 2.45) is 0 Å². The molecule has 1 rings (SSSR count). The zero-order valence-electron chi connectivity index (χ0n) is 11.7. The quantitative estimate of drug-likeness (QED) is 0.613. The number of nitro benzene ring substituents is 1. The van der Waals surface area contributed by atoms with E-state index in [2.05, 4.69) is 12.2 Å². The lowest BCUT2D eigenvalue weighted by atomic mass is 10.2. The fourth-order valence-corrected chi connectivity index (χ4v) is 1.73. The van der Waals surface area contributed by atoms with Crippen LogP contribution in [0.4, 0.5) is 11.4 Å². The molecule has 0 aliphatic heterocycles. The van der Waals surface area contributed by atoms with Crippen LogP contribution < -0.4 is 10.1 Å². The third kappa shape index (κ3) is 5.38. The Morgan fingerprint density at radius 3 is 2.58 bits per heavy atom. The molecule has 0 radical (unpaired) electrons. The number of anilines is 1. The molecule has 19 heavy (non-hydrogen) atoms. The van der Waals surface area contributed by atoms with Gasteiger partial charge in [0.15, 0.2) is 0 Å². The van der Waals surface area contributed by atoms with E-state index in [0.29, 0.717) is 16.7 Å². The Morgan fingerprint density at radius 1 is 1.37 bits per heavy atom. The Hall–Kier alpha value is -1.43. The van der Waals surface area contributed by atoms with E-state index in [4.69, 9.17) is 4.74 Å². The van der Waals surface area contributed by atoms with Gasteiger partial charge in [-0.2, -0.15) is 11.8 Å². The summed E-state index contributed by atoms with van der Waals surface area (Å²) in [7, 11) is 0. The first-order valence-electron chi connectivity index (χ1n) is 6.15. The molecule has 0 aliphatic carbocycles. The van der Waals surface area contributed by atoms with E-state index in [1.165, 1.54) is 12.1 Å². The maximum Gasteiger partial charge on any atom is 0.275 e. The Morgan fingerprint density at radius 2 is 2.05 bits per heavy atom. The molecule has 106 valence electrons. The highest BCUT2D eigenvalue weighted by molar-refractivity contribution is 7.99. The van der Waals surface area contributed by atoms with Crippen molar-refractivity contribution in [3.05, 3.63) is 28.3 Å². The number of nitrogens with one attached hydrogen (secondary N) is 1. The van der Waals surface area contributed by atoms with Gasteiger partial charge in [-0.3, -0.25) is 10.1 Å². The van der Waals surface area contributed by atoms with E-state index >= 15 is 0 Å². The average Bonchev–Trinajstić information content (AvgIpc) is 2.34. The summed E-state index contributed by atoms with van der Waals surface area (Å²) in [5.41, 5.74) is 0.753. The smallest absolute Gasteiger partial charge is 0.275 e. The second-order valence-corrected chi connectivity index (χ2v) is 5.84. The second kappa shape index (κ2) is 7.23. The molecule has 1 atom stereocenters. The molecular weight excluding hydrogens is 264 g/mol. The molecule has 1 unspecified atom stereocenters. The highest BCUT2D eigenvalue weighted by Gasteiger charge is 2.12. The van der Waals surface area contributed by atoms with Crippen molar-refractivity contribution in [1.29, 1.82) is 0 Å². The number of thioether (sulfide) groups is 1. The lowest BCUT2D eigenvalue weighted by Gasteiger charge is -2.14. The minimum Gasteiger partial charge on any atom is -0.491 e. The van der Waals surface area contributed by atoms with Crippen LogP contribution in [0.2, 0.25) is 0 Å². The number of nitrogens with zero attached hydrogens (tertiary/aromatic N) is 1. The minimum atomic E-state index is -0.406. The standard InChI is InChI=1S/C13H20N2O3S/c1-9(2)18-13-6-11(14-8-10(3)19-4)5-12(7-13)15(16)17/h5-7,9-10,14H,8H2,1-4H3. The topological polar surface area (TPSA) is 64.4 Å². The van der Waals surface area contributed by atoms with Crippen LogP contribution in [0.5, 0.6) is 5.75 Å². The molecule has 6 heteroatoms. The van der Waals surface area contributed by atoms with Crippen LogP contribution in [0.15, 0.2) is 18.2 Å². The lowest BCUT2D eigenvalue weighted by molar-refractivity contribution is -0.384. The highest BCUT2D eigenvalue weighted by Crippen LogP contribution is 2.27. The van der Waals surface area contributed by atoms with Gasteiger partial charge in [-0.1, -0.05) is 6.92 Å². The van der Waals surface area contributed by atoms with Crippen LogP contribution >= 0.6 is 11.8 Å². The summed E-state index contributed by atoms with van der Waals surface area (Å²) in [6.07, 6.45) is 2.02. The predicted octanol–water partition coefficient (Wildman–Crippen LogP) is 3.55. The fourth-order valence-electron chi connectivity index (χ4n) is 1.48. The van der Waals surface area contributed by atoms with Crippen molar-refractivity contribution >= 4 is 23.1 Å². The molecule has 0 saturated carbocycles. The highest BCUT2D eigenvalue weighted by atomic mass is 32.2. The van der Waals surface area contributed by atoms with Crippen LogP contribution in [0.1, 0.15) is 20.8 Å². The third-order valence-electron chi connectivity index (χ3n) is 2.47. The molecule has 0 bridgehead atoms. The van der Waals surface area contributed by atoms with E-state index in [9.17, 15) is 10.1 Å². The van der Waals surface area contributed by atoms with Gasteiger partial charge in [0.05, 0.1) is 17.1 Å². The van der Waals surface area contributed by atoms with Gasteiger partial charge < -0.3 is 10.1 Å². The molecule has 0 fully saturated rings. The van der Waals surface area contributed by atoms with Crippen LogP contribution in [0, 0.1) is 10.1 Å². The number of hydrogen-bond donors (Lipinski definition) is 1. The molecule has 0 aliphatic rings. The van der Waals surface area contributed by atoms with Gasteiger partial charge >= 0.3 is 0 Å². The summed E-state index contributed by atoms with van der Waals surface area (Å²) in [6.45, 7) is 6.63. The molecule has 0 saturated heterocycles. The Balaban J connectivity index is 2.89. The Kier molecular flexibility index (Phi) is 5.95. The molecule has 1 aromatic carbocycles. The predicted molar refractivity (Wildman–Crippen MR) is 80.3 cm³/mol. The maximum atomic E-state index is 10.9. The van der Waals surface area contributed by atoms with Gasteiger partial charge in [0.25, 0.3) is 5.69 Å². The molecular formula is C13H20N2O3S. The largest absolute Gasteiger partial charge is 0.491 e. The Labute approximate surface area is 117 Å². The lowest BCUT2D eigenvalue weighted by Crippen LogP contribution is -2.13. The van der Waals surface area contributed by atoms with Gasteiger partial charge in [-0.15, -0.1) is 0 Å². The number of benzene rings is 1. The van der Waals surface area contributed by atoms with Crippen molar-refractivity contribution in [1.82, 2.24) is 0 Å². The first-order valence-corrected chi connectivity index (χ1v) is 7.44. The fraction of sp³-hybridized carbons (Fsp3) is 0.538. The molecule has 0 amide bonds. The molecule has 0 heterocycles. The van der Waals surface area contributed by atoms with Crippen LogP contribution in [0.25, 0.3) is 0 Å². The summed E-state index contributed by atoms with van der Waals surface area (Å²) < 4.78 is 5.53. The first kappa shape index (κ1) is 15.6. The molecule has 0 aromatic heterocycles. The van der Waals surface area contributed by atoms with Crippen molar-refractivity contribution < 1.29 is 9.66 Å². The summed E-state index contributed by atoms with van der Waals surface area (Å²) in [5, 5.41) is 14.5. The zero-order valence-corrected chi connectivity index (χ0v) is 12.5. The van der Waals surface area contributed by atoms with Crippen LogP contribution in [0.3, 0.4) is 0 Å². The maximum absolute atomic E-state index is 10.9. The summed E-state index contributed by atoms with van der Waals surface area (Å²) in [4.78, 5) is 10.5. The van der Waals surface area contributed by atoms with E-state index < -0.39 is 4.92 Å². The van der Waals surface area contributed by atoms with E-state index in [1.807, 2.05) is 20.1 Å². The normalized spacial score (nSPS) is 12.3. The van der Waals surface area contributed by atoms with E-state index in [1.54, 1.807) is 17.8 Å². The monoisotopic (exact) mass is 284 g/mol.